The number of benzene rings is 2. The molecule has 0 aliphatic carbocycles. The fraction of sp³-hybridized carbons (Fsp3) is 0.375. The summed E-state index contributed by atoms with van der Waals surface area (Å²) in [5.41, 5.74) is -4.00. The molecule has 2 aromatic carbocycles. The van der Waals surface area contributed by atoms with Gasteiger partial charge in [-0.1, -0.05) is 63.2 Å². The van der Waals surface area contributed by atoms with Crippen LogP contribution >= 0.6 is 0 Å². The topological polar surface area (TPSA) is 67.2 Å². The second-order valence-corrected chi connectivity index (χ2v) is 8.52. The van der Waals surface area contributed by atoms with E-state index in [1.807, 2.05) is 20.8 Å². The van der Waals surface area contributed by atoms with Gasteiger partial charge >= 0.3 is 12.1 Å². The molecule has 0 aliphatic heterocycles. The number of hydrogen-bond donors (Lipinski definition) is 0. The highest BCUT2D eigenvalue weighted by atomic mass is 19.4. The number of halogens is 3. The Balaban J connectivity index is 2.77. The monoisotopic (exact) mass is 431 g/mol. The fourth-order valence-electron chi connectivity index (χ4n) is 3.16. The summed E-state index contributed by atoms with van der Waals surface area (Å²) >= 11 is 0. The van der Waals surface area contributed by atoms with Crippen molar-refractivity contribution in [3.8, 4) is 6.07 Å². The summed E-state index contributed by atoms with van der Waals surface area (Å²) in [7, 11) is 0. The van der Waals surface area contributed by atoms with E-state index < -0.39 is 40.6 Å². The van der Waals surface area contributed by atoms with Crippen molar-refractivity contribution in [1.82, 2.24) is 0 Å². The van der Waals surface area contributed by atoms with Crippen molar-refractivity contribution in [3.63, 3.8) is 0 Å². The van der Waals surface area contributed by atoms with Crippen molar-refractivity contribution >= 4 is 11.8 Å². The molecule has 0 bridgehead atoms. The zero-order valence-corrected chi connectivity index (χ0v) is 18.0. The number of carbonyl (C=O) groups excluding carboxylic acids is 2. The Morgan fingerprint density at radius 2 is 1.45 bits per heavy atom. The maximum absolute atomic E-state index is 13.5. The number of rotatable bonds is 5. The van der Waals surface area contributed by atoms with E-state index >= 15 is 0 Å². The van der Waals surface area contributed by atoms with Gasteiger partial charge in [-0.15, -0.1) is 0 Å². The predicted molar refractivity (Wildman–Crippen MR) is 109 cm³/mol. The van der Waals surface area contributed by atoms with Crippen LogP contribution in [-0.4, -0.2) is 17.9 Å². The Morgan fingerprint density at radius 1 is 0.935 bits per heavy atom. The van der Waals surface area contributed by atoms with Crippen LogP contribution in [0.4, 0.5) is 13.2 Å². The molecule has 31 heavy (non-hydrogen) atoms. The number of nitrogens with zero attached hydrogens (tertiary/aromatic N) is 1. The van der Waals surface area contributed by atoms with Gasteiger partial charge in [-0.2, -0.15) is 18.4 Å². The van der Waals surface area contributed by atoms with Gasteiger partial charge in [0.15, 0.2) is 5.78 Å². The average Bonchev–Trinajstić information content (AvgIpc) is 2.67. The molecule has 1 unspecified atom stereocenters. The highest BCUT2D eigenvalue weighted by Gasteiger charge is 2.52. The van der Waals surface area contributed by atoms with Gasteiger partial charge in [0.1, 0.15) is 0 Å². The summed E-state index contributed by atoms with van der Waals surface area (Å²) < 4.78 is 45.8. The fourth-order valence-corrected chi connectivity index (χ4v) is 3.16. The molecule has 164 valence electrons. The molecular formula is C24H24F3NO3. The number of esters is 1. The van der Waals surface area contributed by atoms with Crippen LogP contribution < -0.4 is 0 Å². The van der Waals surface area contributed by atoms with E-state index in [0.29, 0.717) is 0 Å². The van der Waals surface area contributed by atoms with Crippen LogP contribution in [0.25, 0.3) is 0 Å². The largest absolute Gasteiger partial charge is 0.461 e. The molecule has 2 aromatic rings. The Kier molecular flexibility index (Phi) is 6.65. The molecule has 0 radical (unpaired) electrons. The Hall–Kier alpha value is -3.14. The molecule has 0 aromatic heterocycles. The number of ether oxygens (including phenoxy) is 1. The zero-order chi connectivity index (χ0) is 23.6. The lowest BCUT2D eigenvalue weighted by Gasteiger charge is -2.27. The van der Waals surface area contributed by atoms with Crippen LogP contribution in [0.15, 0.2) is 48.5 Å². The van der Waals surface area contributed by atoms with Gasteiger partial charge in [-0.05, 0) is 36.5 Å². The molecule has 0 saturated heterocycles. The highest BCUT2D eigenvalue weighted by Crippen LogP contribution is 2.37. The summed E-state index contributed by atoms with van der Waals surface area (Å²) in [6.07, 6.45) is -5.52. The van der Waals surface area contributed by atoms with Gasteiger partial charge in [-0.3, -0.25) is 4.79 Å². The van der Waals surface area contributed by atoms with Crippen molar-refractivity contribution in [2.45, 2.75) is 57.7 Å². The molecule has 0 amide bonds. The minimum Gasteiger partial charge on any atom is -0.461 e. The number of hydrogen-bond acceptors (Lipinski definition) is 4. The molecule has 2 rings (SSSR count). The van der Waals surface area contributed by atoms with Crippen LogP contribution in [0, 0.1) is 11.3 Å². The summed E-state index contributed by atoms with van der Waals surface area (Å²) in [5.74, 6) is -2.49. The number of carbonyl (C=O) groups is 2. The molecule has 0 N–H and O–H groups in total. The number of ketones is 1. The molecule has 0 fully saturated rings. The summed E-state index contributed by atoms with van der Waals surface area (Å²) in [4.78, 5) is 26.5. The first kappa shape index (κ1) is 24.1. The molecular weight excluding hydrogens is 407 g/mol. The Bertz CT molecular complexity index is 1010. The van der Waals surface area contributed by atoms with Crippen molar-refractivity contribution in [2.75, 3.05) is 0 Å². The third kappa shape index (κ3) is 4.79. The first-order valence-corrected chi connectivity index (χ1v) is 9.69. The minimum atomic E-state index is -4.84. The molecule has 0 aliphatic rings. The SMILES string of the molecule is CC(C)OC(=O)C(C#N)(C(=O)c1ccccc1C(F)(F)F)c1ccc(C(C)(C)C)cc1. The Labute approximate surface area is 179 Å². The third-order valence-corrected chi connectivity index (χ3v) is 4.82. The lowest BCUT2D eigenvalue weighted by atomic mass is 9.73. The molecule has 0 saturated carbocycles. The normalized spacial score (nSPS) is 13.9. The summed E-state index contributed by atoms with van der Waals surface area (Å²) in [5, 5.41) is 10.0. The van der Waals surface area contributed by atoms with Crippen molar-refractivity contribution in [3.05, 3.63) is 70.8 Å². The molecule has 0 heterocycles. The first-order chi connectivity index (χ1) is 14.2. The smallest absolute Gasteiger partial charge is 0.417 e. The van der Waals surface area contributed by atoms with Gasteiger partial charge in [0.25, 0.3) is 0 Å². The molecule has 4 nitrogen and oxygen atoms in total. The predicted octanol–water partition coefficient (Wildman–Crippen LogP) is 5.60. The van der Waals surface area contributed by atoms with E-state index in [1.165, 1.54) is 32.0 Å². The second kappa shape index (κ2) is 8.54. The van der Waals surface area contributed by atoms with Gasteiger partial charge in [0.05, 0.1) is 17.7 Å². The number of nitriles is 1. The maximum atomic E-state index is 13.5. The molecule has 0 spiro atoms. The summed E-state index contributed by atoms with van der Waals surface area (Å²) in [6.45, 7) is 8.92. The number of Topliss-reactive ketones (excluding diaryl/α,β-unsaturated/α-hetero) is 1. The van der Waals surface area contributed by atoms with E-state index in [1.54, 1.807) is 18.2 Å². The van der Waals surface area contributed by atoms with E-state index in [4.69, 9.17) is 4.74 Å². The van der Waals surface area contributed by atoms with Crippen LogP contribution in [0.5, 0.6) is 0 Å². The van der Waals surface area contributed by atoms with E-state index in [2.05, 4.69) is 0 Å². The van der Waals surface area contributed by atoms with E-state index in [0.717, 1.165) is 23.8 Å². The summed E-state index contributed by atoms with van der Waals surface area (Å²) in [6, 6.07) is 11.9. The quantitative estimate of drug-likeness (QED) is 0.351. The van der Waals surface area contributed by atoms with E-state index in [-0.39, 0.29) is 11.0 Å². The lowest BCUT2D eigenvalue weighted by Crippen LogP contribution is -2.45. The van der Waals surface area contributed by atoms with Crippen LogP contribution in [0.3, 0.4) is 0 Å². The van der Waals surface area contributed by atoms with E-state index in [9.17, 15) is 28.0 Å². The maximum Gasteiger partial charge on any atom is 0.417 e. The minimum absolute atomic E-state index is 0.0457. The van der Waals surface area contributed by atoms with Crippen LogP contribution in [0.1, 0.15) is 61.7 Å². The zero-order valence-electron chi connectivity index (χ0n) is 18.0. The van der Waals surface area contributed by atoms with Crippen LogP contribution in [-0.2, 0) is 26.5 Å². The van der Waals surface area contributed by atoms with Gasteiger partial charge in [0, 0.05) is 5.56 Å². The van der Waals surface area contributed by atoms with Crippen molar-refractivity contribution in [1.29, 1.82) is 5.26 Å². The van der Waals surface area contributed by atoms with Gasteiger partial charge < -0.3 is 4.74 Å². The van der Waals surface area contributed by atoms with Crippen molar-refractivity contribution < 1.29 is 27.5 Å². The number of alkyl halides is 3. The molecule has 1 atom stereocenters. The Morgan fingerprint density at radius 3 is 1.90 bits per heavy atom. The standard InChI is InChI=1S/C24H24F3NO3/c1-15(2)31-21(30)23(14-28,17-12-10-16(11-13-17)22(3,4)5)20(29)18-8-6-7-9-19(18)24(25,26)27/h6-13,15H,1-5H3. The lowest BCUT2D eigenvalue weighted by molar-refractivity contribution is -0.150. The second-order valence-electron chi connectivity index (χ2n) is 8.52. The third-order valence-electron chi connectivity index (χ3n) is 4.82. The molecule has 7 heteroatoms. The van der Waals surface area contributed by atoms with Crippen LogP contribution in [0.2, 0.25) is 0 Å². The average molecular weight is 431 g/mol. The van der Waals surface area contributed by atoms with Gasteiger partial charge in [-0.25, -0.2) is 4.79 Å². The van der Waals surface area contributed by atoms with Gasteiger partial charge in [0.2, 0.25) is 5.41 Å². The first-order valence-electron chi connectivity index (χ1n) is 9.69. The van der Waals surface area contributed by atoms with Crippen molar-refractivity contribution in [2.24, 2.45) is 0 Å². The highest BCUT2D eigenvalue weighted by molar-refractivity contribution is 6.20.